The highest BCUT2D eigenvalue weighted by Gasteiger charge is 2.01. The number of nitrogens with one attached hydrogen (secondary N) is 1. The maximum Gasteiger partial charge on any atom is 0.0401 e. The van der Waals surface area contributed by atoms with Gasteiger partial charge in [0.1, 0.15) is 0 Å². The van der Waals surface area contributed by atoms with E-state index >= 15 is 0 Å². The van der Waals surface area contributed by atoms with Crippen molar-refractivity contribution in [2.45, 2.75) is 13.0 Å². The fourth-order valence-corrected chi connectivity index (χ4v) is 1.35. The van der Waals surface area contributed by atoms with Crippen molar-refractivity contribution in [3.63, 3.8) is 0 Å². The lowest BCUT2D eigenvalue weighted by Crippen LogP contribution is -2.12. The Morgan fingerprint density at radius 3 is 2.82 bits per heavy atom. The van der Waals surface area contributed by atoms with Crippen LogP contribution in [-0.4, -0.2) is 12.0 Å². The standard InChI is InChI=1S/C8H11IN2/c1-6(10-2)7-3-8(9)5-11-4-7/h3-6,10H,1-2H3. The lowest BCUT2D eigenvalue weighted by atomic mass is 10.1. The molecule has 60 valence electrons. The van der Waals surface area contributed by atoms with E-state index in [1.54, 1.807) is 0 Å². The third-order valence-corrected chi connectivity index (χ3v) is 2.25. The van der Waals surface area contributed by atoms with Gasteiger partial charge < -0.3 is 5.32 Å². The number of halogens is 1. The van der Waals surface area contributed by atoms with Gasteiger partial charge in [0.25, 0.3) is 0 Å². The van der Waals surface area contributed by atoms with Gasteiger partial charge in [-0.3, -0.25) is 4.98 Å². The minimum Gasteiger partial charge on any atom is -0.313 e. The molecule has 0 saturated carbocycles. The zero-order valence-electron chi connectivity index (χ0n) is 6.63. The predicted molar refractivity (Wildman–Crippen MR) is 54.4 cm³/mol. The van der Waals surface area contributed by atoms with Gasteiger partial charge in [-0.05, 0) is 48.2 Å². The van der Waals surface area contributed by atoms with Gasteiger partial charge >= 0.3 is 0 Å². The summed E-state index contributed by atoms with van der Waals surface area (Å²) >= 11 is 2.26. The van der Waals surface area contributed by atoms with Gasteiger partial charge in [-0.25, -0.2) is 0 Å². The van der Waals surface area contributed by atoms with E-state index in [9.17, 15) is 0 Å². The van der Waals surface area contributed by atoms with Crippen molar-refractivity contribution in [1.82, 2.24) is 10.3 Å². The van der Waals surface area contributed by atoms with E-state index in [2.05, 4.69) is 45.9 Å². The fraction of sp³-hybridized carbons (Fsp3) is 0.375. The maximum absolute atomic E-state index is 4.11. The van der Waals surface area contributed by atoms with Crippen LogP contribution in [0.15, 0.2) is 18.5 Å². The highest BCUT2D eigenvalue weighted by molar-refractivity contribution is 14.1. The number of aromatic nitrogens is 1. The van der Waals surface area contributed by atoms with Crippen LogP contribution in [0.2, 0.25) is 0 Å². The number of hydrogen-bond acceptors (Lipinski definition) is 2. The Morgan fingerprint density at radius 2 is 2.27 bits per heavy atom. The number of hydrogen-bond donors (Lipinski definition) is 1. The zero-order chi connectivity index (χ0) is 8.27. The van der Waals surface area contributed by atoms with E-state index in [0.717, 1.165) is 0 Å². The monoisotopic (exact) mass is 262 g/mol. The molecule has 3 heteroatoms. The molecule has 0 aromatic carbocycles. The number of pyridine rings is 1. The average molecular weight is 262 g/mol. The lowest BCUT2D eigenvalue weighted by molar-refractivity contribution is 0.649. The van der Waals surface area contributed by atoms with Crippen LogP contribution in [0.4, 0.5) is 0 Å². The van der Waals surface area contributed by atoms with Crippen molar-refractivity contribution >= 4 is 22.6 Å². The molecule has 1 aromatic heterocycles. The van der Waals surface area contributed by atoms with Gasteiger partial charge in [-0.15, -0.1) is 0 Å². The van der Waals surface area contributed by atoms with Crippen molar-refractivity contribution in [1.29, 1.82) is 0 Å². The average Bonchev–Trinajstić information content (AvgIpc) is 2.03. The van der Waals surface area contributed by atoms with Gasteiger partial charge in [0.2, 0.25) is 0 Å². The van der Waals surface area contributed by atoms with Crippen LogP contribution in [-0.2, 0) is 0 Å². The molecule has 1 rings (SSSR count). The van der Waals surface area contributed by atoms with Crippen LogP contribution < -0.4 is 5.32 Å². The molecule has 1 unspecified atom stereocenters. The van der Waals surface area contributed by atoms with Crippen molar-refractivity contribution in [3.8, 4) is 0 Å². The summed E-state index contributed by atoms with van der Waals surface area (Å²) in [6, 6.07) is 2.52. The third kappa shape index (κ3) is 2.41. The first-order chi connectivity index (χ1) is 5.24. The predicted octanol–water partition coefficient (Wildman–Crippen LogP) is 1.97. The molecule has 0 amide bonds. The van der Waals surface area contributed by atoms with Crippen molar-refractivity contribution in [2.75, 3.05) is 7.05 Å². The largest absolute Gasteiger partial charge is 0.313 e. The fourth-order valence-electron chi connectivity index (χ4n) is 0.832. The second-order valence-corrected chi connectivity index (χ2v) is 3.69. The Kier molecular flexibility index (Phi) is 3.26. The Bertz CT molecular complexity index is 237. The molecule has 0 aliphatic rings. The summed E-state index contributed by atoms with van der Waals surface area (Å²) in [7, 11) is 1.95. The molecule has 0 bridgehead atoms. The SMILES string of the molecule is CNC(C)c1cncc(I)c1. The molecule has 1 aromatic rings. The van der Waals surface area contributed by atoms with Crippen LogP contribution in [0, 0.1) is 3.57 Å². The molecule has 1 N–H and O–H groups in total. The topological polar surface area (TPSA) is 24.9 Å². The molecule has 1 atom stereocenters. The molecule has 0 fully saturated rings. The quantitative estimate of drug-likeness (QED) is 0.824. The normalized spacial score (nSPS) is 13.0. The summed E-state index contributed by atoms with van der Waals surface area (Å²) in [5, 5.41) is 3.17. The summed E-state index contributed by atoms with van der Waals surface area (Å²) in [6.07, 6.45) is 3.75. The van der Waals surface area contributed by atoms with Gasteiger partial charge in [0.15, 0.2) is 0 Å². The summed E-state index contributed by atoms with van der Waals surface area (Å²) in [5.74, 6) is 0. The molecular weight excluding hydrogens is 251 g/mol. The van der Waals surface area contributed by atoms with Gasteiger partial charge in [0.05, 0.1) is 0 Å². The Morgan fingerprint density at radius 1 is 1.55 bits per heavy atom. The lowest BCUT2D eigenvalue weighted by Gasteiger charge is -2.09. The molecular formula is C8H11IN2. The first-order valence-corrected chi connectivity index (χ1v) is 4.59. The summed E-state index contributed by atoms with van der Waals surface area (Å²) in [6.45, 7) is 2.12. The van der Waals surface area contributed by atoms with E-state index in [1.165, 1.54) is 9.13 Å². The van der Waals surface area contributed by atoms with Crippen LogP contribution in [0.5, 0.6) is 0 Å². The van der Waals surface area contributed by atoms with Crippen LogP contribution >= 0.6 is 22.6 Å². The number of nitrogens with zero attached hydrogens (tertiary/aromatic N) is 1. The van der Waals surface area contributed by atoms with Gasteiger partial charge in [-0.1, -0.05) is 0 Å². The number of rotatable bonds is 2. The highest BCUT2D eigenvalue weighted by atomic mass is 127. The minimum atomic E-state index is 0.386. The highest BCUT2D eigenvalue weighted by Crippen LogP contribution is 2.12. The molecule has 1 heterocycles. The second-order valence-electron chi connectivity index (χ2n) is 2.45. The molecule has 11 heavy (non-hydrogen) atoms. The molecule has 0 aliphatic heterocycles. The Hall–Kier alpha value is -0.160. The smallest absolute Gasteiger partial charge is 0.0401 e. The van der Waals surface area contributed by atoms with Crippen LogP contribution in [0.1, 0.15) is 18.5 Å². The molecule has 0 saturated heterocycles. The van der Waals surface area contributed by atoms with E-state index in [1.807, 2.05) is 19.4 Å². The zero-order valence-corrected chi connectivity index (χ0v) is 8.79. The van der Waals surface area contributed by atoms with Crippen LogP contribution in [0.3, 0.4) is 0 Å². The minimum absolute atomic E-state index is 0.386. The Labute approximate surface area is 80.6 Å². The molecule has 2 nitrogen and oxygen atoms in total. The van der Waals surface area contributed by atoms with E-state index < -0.39 is 0 Å². The molecule has 0 aliphatic carbocycles. The van der Waals surface area contributed by atoms with E-state index in [0.29, 0.717) is 6.04 Å². The van der Waals surface area contributed by atoms with E-state index in [4.69, 9.17) is 0 Å². The third-order valence-electron chi connectivity index (χ3n) is 1.66. The second kappa shape index (κ2) is 4.01. The van der Waals surface area contributed by atoms with Crippen molar-refractivity contribution in [2.24, 2.45) is 0 Å². The van der Waals surface area contributed by atoms with Crippen molar-refractivity contribution < 1.29 is 0 Å². The summed E-state index contributed by atoms with van der Waals surface area (Å²) in [4.78, 5) is 4.11. The van der Waals surface area contributed by atoms with Gasteiger partial charge in [0, 0.05) is 22.0 Å². The first kappa shape index (κ1) is 8.93. The van der Waals surface area contributed by atoms with Crippen LogP contribution in [0.25, 0.3) is 0 Å². The van der Waals surface area contributed by atoms with Gasteiger partial charge in [-0.2, -0.15) is 0 Å². The Balaban J connectivity index is 2.86. The molecule has 0 radical (unpaired) electrons. The summed E-state index contributed by atoms with van der Waals surface area (Å²) in [5.41, 5.74) is 1.24. The maximum atomic E-state index is 4.11. The van der Waals surface area contributed by atoms with Crippen molar-refractivity contribution in [3.05, 3.63) is 27.6 Å². The first-order valence-electron chi connectivity index (χ1n) is 3.51. The molecule has 0 spiro atoms. The van der Waals surface area contributed by atoms with E-state index in [-0.39, 0.29) is 0 Å². The summed E-state index contributed by atoms with van der Waals surface area (Å²) < 4.78 is 1.18.